The van der Waals surface area contributed by atoms with Gasteiger partial charge in [-0.25, -0.2) is 4.79 Å². The van der Waals surface area contributed by atoms with Crippen LogP contribution >= 0.6 is 0 Å². The van der Waals surface area contributed by atoms with Crippen LogP contribution in [0.2, 0.25) is 0 Å². The van der Waals surface area contributed by atoms with Gasteiger partial charge in [-0.05, 0) is 69.4 Å². The van der Waals surface area contributed by atoms with Crippen LogP contribution in [-0.2, 0) is 14.3 Å². The summed E-state index contributed by atoms with van der Waals surface area (Å²) in [4.78, 5) is 41.2. The summed E-state index contributed by atoms with van der Waals surface area (Å²) in [5.41, 5.74) is 0.898. The molecule has 0 aliphatic carbocycles. The average Bonchev–Trinajstić information content (AvgIpc) is 2.78. The third-order valence-electron chi connectivity index (χ3n) is 5.37. The van der Waals surface area contributed by atoms with Crippen molar-refractivity contribution in [1.82, 2.24) is 10.2 Å². The van der Waals surface area contributed by atoms with Crippen LogP contribution in [0.15, 0.2) is 48.5 Å². The maximum atomic E-state index is 13.9. The molecule has 2 aromatic carbocycles. The largest absolute Gasteiger partial charge is 0.508 e. The number of hydrogen-bond acceptors (Lipinski definition) is 6. The van der Waals surface area contributed by atoms with Gasteiger partial charge in [-0.3, -0.25) is 9.59 Å². The van der Waals surface area contributed by atoms with Gasteiger partial charge >= 0.3 is 6.09 Å². The van der Waals surface area contributed by atoms with E-state index in [1.54, 1.807) is 45.0 Å². The minimum absolute atomic E-state index is 0.00726. The summed E-state index contributed by atoms with van der Waals surface area (Å²) in [5.74, 6) is -1.27. The number of phenolic OH excluding ortho intramolecular Hbond substituents is 1. The minimum atomic E-state index is -1.26. The van der Waals surface area contributed by atoms with Crippen molar-refractivity contribution >= 4 is 23.6 Å². The van der Waals surface area contributed by atoms with E-state index in [4.69, 9.17) is 4.74 Å². The third-order valence-corrected chi connectivity index (χ3v) is 5.37. The fourth-order valence-corrected chi connectivity index (χ4v) is 3.80. The Bertz CT molecular complexity index is 1150. The van der Waals surface area contributed by atoms with E-state index in [-0.39, 0.29) is 18.1 Å². The highest BCUT2D eigenvalue weighted by Crippen LogP contribution is 2.28. The highest BCUT2D eigenvalue weighted by molar-refractivity contribution is 5.99. The van der Waals surface area contributed by atoms with Crippen molar-refractivity contribution in [2.75, 3.05) is 11.9 Å². The summed E-state index contributed by atoms with van der Waals surface area (Å²) in [6.07, 6.45) is -0.520. The maximum absolute atomic E-state index is 13.9. The second kappa shape index (κ2) is 12.8. The Kier molecular flexibility index (Phi) is 10.1. The van der Waals surface area contributed by atoms with Gasteiger partial charge < -0.3 is 25.4 Å². The molecule has 2 aromatic rings. The first-order valence-corrected chi connectivity index (χ1v) is 12.1. The molecule has 0 saturated heterocycles. The van der Waals surface area contributed by atoms with Crippen molar-refractivity contribution in [3.8, 4) is 11.8 Å². The molecular formula is C28H36N4O5. The van der Waals surface area contributed by atoms with Crippen LogP contribution in [0.5, 0.6) is 5.75 Å². The predicted octanol–water partition coefficient (Wildman–Crippen LogP) is 4.67. The number of nitriles is 1. The highest BCUT2D eigenvalue weighted by atomic mass is 16.6. The van der Waals surface area contributed by atoms with Crippen molar-refractivity contribution in [1.29, 1.82) is 5.26 Å². The van der Waals surface area contributed by atoms with Crippen LogP contribution in [0.4, 0.5) is 10.5 Å². The van der Waals surface area contributed by atoms with Gasteiger partial charge in [0.05, 0.1) is 6.07 Å². The van der Waals surface area contributed by atoms with E-state index in [0.717, 1.165) is 10.5 Å². The van der Waals surface area contributed by atoms with E-state index in [9.17, 15) is 24.8 Å². The number of hydrogen-bond donors (Lipinski definition) is 3. The molecule has 9 nitrogen and oxygen atoms in total. The first-order chi connectivity index (χ1) is 17.3. The number of ether oxygens (including phenoxy) is 1. The van der Waals surface area contributed by atoms with Crippen LogP contribution in [0.1, 0.15) is 58.2 Å². The summed E-state index contributed by atoms with van der Waals surface area (Å²) < 4.78 is 5.34. The molecule has 0 heterocycles. The Morgan fingerprint density at radius 2 is 1.78 bits per heavy atom. The topological polar surface area (TPSA) is 132 Å². The molecule has 3 N–H and O–H groups in total. The van der Waals surface area contributed by atoms with Gasteiger partial charge in [0.1, 0.15) is 30.0 Å². The highest BCUT2D eigenvalue weighted by Gasteiger charge is 2.37. The van der Waals surface area contributed by atoms with Crippen LogP contribution in [-0.4, -0.2) is 46.1 Å². The number of amides is 3. The zero-order valence-corrected chi connectivity index (χ0v) is 22.2. The molecule has 0 radical (unpaired) electrons. The number of benzene rings is 2. The molecule has 2 atom stereocenters. The van der Waals surface area contributed by atoms with Gasteiger partial charge in [0.15, 0.2) is 0 Å². The van der Waals surface area contributed by atoms with Crippen LogP contribution < -0.4 is 10.6 Å². The molecule has 3 amide bonds. The first kappa shape index (κ1) is 29.2. The molecule has 0 fully saturated rings. The number of aryl methyl sites for hydroxylation is 1. The number of carbonyl (C=O) groups is 3. The van der Waals surface area contributed by atoms with Crippen molar-refractivity contribution < 1.29 is 24.2 Å². The number of anilines is 1. The predicted molar refractivity (Wildman–Crippen MR) is 141 cm³/mol. The summed E-state index contributed by atoms with van der Waals surface area (Å²) in [5, 5.41) is 25.2. The zero-order valence-electron chi connectivity index (χ0n) is 22.2. The summed E-state index contributed by atoms with van der Waals surface area (Å²) >= 11 is 0. The standard InChI is InChI=1S/C28H36N4O5/c1-18(2)16-23(31-27(36)37-28(4,5)6)26(35)32(15-14-29)24(20-11-9-12-21(33)17-20)25(34)30-22-13-8-7-10-19(22)3/h7-13,17-18,23-24,33H,15-16H2,1-6H3,(H,30,34)(H,31,36). The second-order valence-corrected chi connectivity index (χ2v) is 10.3. The van der Waals surface area contributed by atoms with Crippen LogP contribution in [0, 0.1) is 24.2 Å². The fraction of sp³-hybridized carbons (Fsp3) is 0.429. The Morgan fingerprint density at radius 3 is 2.35 bits per heavy atom. The van der Waals surface area contributed by atoms with Crippen molar-refractivity contribution in [2.24, 2.45) is 5.92 Å². The zero-order chi connectivity index (χ0) is 27.8. The van der Waals surface area contributed by atoms with Crippen molar-refractivity contribution in [3.05, 3.63) is 59.7 Å². The molecule has 0 aliphatic rings. The number of para-hydroxylation sites is 1. The van der Waals surface area contributed by atoms with Gasteiger partial charge in [0, 0.05) is 5.69 Å². The average molecular weight is 509 g/mol. The number of alkyl carbamates (subject to hydrolysis) is 1. The fourth-order valence-electron chi connectivity index (χ4n) is 3.80. The Labute approximate surface area is 218 Å². The third kappa shape index (κ3) is 8.83. The van der Waals surface area contributed by atoms with Crippen molar-refractivity contribution in [2.45, 2.75) is 65.6 Å². The number of phenols is 1. The molecule has 2 unspecified atom stereocenters. The summed E-state index contributed by atoms with van der Waals surface area (Å²) in [7, 11) is 0. The second-order valence-electron chi connectivity index (χ2n) is 10.3. The van der Waals surface area contributed by atoms with E-state index >= 15 is 0 Å². The molecule has 0 spiro atoms. The van der Waals surface area contributed by atoms with Crippen LogP contribution in [0.3, 0.4) is 0 Å². The summed E-state index contributed by atoms with van der Waals surface area (Å²) in [6.45, 7) is 10.3. The lowest BCUT2D eigenvalue weighted by molar-refractivity contribution is -0.140. The molecule has 198 valence electrons. The minimum Gasteiger partial charge on any atom is -0.508 e. The number of carbonyl (C=O) groups excluding carboxylic acids is 3. The number of nitrogens with one attached hydrogen (secondary N) is 2. The van der Waals surface area contributed by atoms with Crippen molar-refractivity contribution in [3.63, 3.8) is 0 Å². The molecule has 2 rings (SSSR count). The number of rotatable bonds is 9. The smallest absolute Gasteiger partial charge is 0.408 e. The van der Waals surface area contributed by atoms with E-state index in [2.05, 4.69) is 10.6 Å². The molecule has 0 aromatic heterocycles. The molecule has 0 saturated carbocycles. The lowest BCUT2D eigenvalue weighted by Crippen LogP contribution is -2.53. The first-order valence-electron chi connectivity index (χ1n) is 12.1. The molecule has 9 heteroatoms. The maximum Gasteiger partial charge on any atom is 0.408 e. The quantitative estimate of drug-likeness (QED) is 0.422. The Hall–Kier alpha value is -4.06. The Morgan fingerprint density at radius 1 is 1.11 bits per heavy atom. The normalized spacial score (nSPS) is 12.7. The van der Waals surface area contributed by atoms with Gasteiger partial charge in [-0.15, -0.1) is 0 Å². The van der Waals surface area contributed by atoms with E-state index in [0.29, 0.717) is 11.3 Å². The molecule has 0 bridgehead atoms. The Balaban J connectivity index is 2.51. The molecule has 0 aliphatic heterocycles. The SMILES string of the molecule is Cc1ccccc1NC(=O)C(c1cccc(O)c1)N(CC#N)C(=O)C(CC(C)C)NC(=O)OC(C)(C)C. The van der Waals surface area contributed by atoms with Crippen LogP contribution in [0.25, 0.3) is 0 Å². The van der Waals surface area contributed by atoms with Gasteiger partial charge in [0.25, 0.3) is 5.91 Å². The van der Waals surface area contributed by atoms with E-state index in [1.807, 2.05) is 39.0 Å². The van der Waals surface area contributed by atoms with E-state index < -0.39 is 42.1 Å². The number of aromatic hydroxyl groups is 1. The van der Waals surface area contributed by atoms with Gasteiger partial charge in [-0.2, -0.15) is 5.26 Å². The van der Waals surface area contributed by atoms with Gasteiger partial charge in [-0.1, -0.05) is 44.2 Å². The summed E-state index contributed by atoms with van der Waals surface area (Å²) in [6, 6.07) is 12.8. The lowest BCUT2D eigenvalue weighted by Gasteiger charge is -2.33. The molecular weight excluding hydrogens is 472 g/mol. The lowest BCUT2D eigenvalue weighted by atomic mass is 9.99. The van der Waals surface area contributed by atoms with E-state index in [1.165, 1.54) is 12.1 Å². The monoisotopic (exact) mass is 508 g/mol. The number of nitrogens with zero attached hydrogens (tertiary/aromatic N) is 2. The van der Waals surface area contributed by atoms with Gasteiger partial charge in [0.2, 0.25) is 5.91 Å². The molecule has 37 heavy (non-hydrogen) atoms.